The van der Waals surface area contributed by atoms with E-state index in [0.717, 1.165) is 60.1 Å². The minimum atomic E-state index is -0.854. The van der Waals surface area contributed by atoms with E-state index in [9.17, 15) is 15.1 Å². The summed E-state index contributed by atoms with van der Waals surface area (Å²) in [6, 6.07) is 7.59. The first-order valence-electron chi connectivity index (χ1n) is 12.3. The molecule has 1 fully saturated rings. The lowest BCUT2D eigenvalue weighted by Crippen LogP contribution is -2.48. The van der Waals surface area contributed by atoms with E-state index in [2.05, 4.69) is 32.3 Å². The number of benzene rings is 1. The summed E-state index contributed by atoms with van der Waals surface area (Å²) in [5.41, 5.74) is 2.30. The second-order valence-electron chi connectivity index (χ2n) is 10.3. The number of aromatic nitrogens is 3. The maximum absolute atomic E-state index is 12.4. The number of ether oxygens (including phenoxy) is 1. The molecule has 34 heavy (non-hydrogen) atoms. The number of para-hydroxylation sites is 1. The minimum Gasteiger partial charge on any atom is -0.618 e. The first kappa shape index (κ1) is 24.3. The number of pyridine rings is 1. The Labute approximate surface area is 200 Å². The molecule has 0 aliphatic carbocycles. The summed E-state index contributed by atoms with van der Waals surface area (Å²) in [6.07, 6.45) is 4.60. The van der Waals surface area contributed by atoms with E-state index in [0.29, 0.717) is 24.2 Å². The summed E-state index contributed by atoms with van der Waals surface area (Å²) >= 11 is 0. The van der Waals surface area contributed by atoms with Crippen LogP contribution in [0.3, 0.4) is 0 Å². The van der Waals surface area contributed by atoms with Crippen molar-refractivity contribution in [1.82, 2.24) is 14.5 Å². The highest BCUT2D eigenvalue weighted by molar-refractivity contribution is 6.00. The van der Waals surface area contributed by atoms with Gasteiger partial charge in [-0.15, -0.1) is 0 Å². The maximum Gasteiger partial charge on any atom is 0.407 e. The molecule has 1 amide bonds. The summed E-state index contributed by atoms with van der Waals surface area (Å²) in [6.45, 7) is 10.3. The van der Waals surface area contributed by atoms with Gasteiger partial charge in [-0.1, -0.05) is 39.8 Å². The lowest BCUT2D eigenvalue weighted by atomic mass is 9.83. The molecule has 2 unspecified atom stereocenters. The third-order valence-electron chi connectivity index (χ3n) is 6.97. The molecular formula is C26H36N4O4. The molecule has 1 aliphatic rings. The van der Waals surface area contributed by atoms with Crippen molar-refractivity contribution < 1.29 is 19.4 Å². The maximum atomic E-state index is 12.4. The molecule has 0 bridgehead atoms. The predicted molar refractivity (Wildman–Crippen MR) is 132 cm³/mol. The van der Waals surface area contributed by atoms with Gasteiger partial charge in [-0.2, -0.15) is 4.73 Å². The zero-order chi connectivity index (χ0) is 24.5. The van der Waals surface area contributed by atoms with Crippen molar-refractivity contribution in [3.05, 3.63) is 41.5 Å². The Hall–Kier alpha value is -2.87. The van der Waals surface area contributed by atoms with Gasteiger partial charge in [0.1, 0.15) is 5.82 Å². The number of carboxylic acid groups (broad SMARTS) is 1. The van der Waals surface area contributed by atoms with E-state index in [1.54, 1.807) is 11.1 Å². The summed E-state index contributed by atoms with van der Waals surface area (Å²) in [5.74, 6) is 0.943. The van der Waals surface area contributed by atoms with E-state index >= 15 is 0 Å². The standard InChI is InChI=1S/C26H36N4O4/c1-5-23-27-20-17-30(33)21-11-7-6-10-19(21)24(20)29(23)14-9-8-13-28(25(31)32)18-12-15-34-22(16-18)26(2,3)4/h6-7,10-11,17-18,22H,5,8-9,12-16H2,1-4H3,(H,31,32). The lowest BCUT2D eigenvalue weighted by Gasteiger charge is -2.41. The molecule has 3 heterocycles. The van der Waals surface area contributed by atoms with Crippen LogP contribution >= 0.6 is 0 Å². The number of carbonyl (C=O) groups is 1. The Bertz CT molecular complexity index is 1170. The topological polar surface area (TPSA) is 94.5 Å². The molecule has 1 N–H and O–H groups in total. The molecule has 3 aromatic rings. The highest BCUT2D eigenvalue weighted by Crippen LogP contribution is 2.32. The largest absolute Gasteiger partial charge is 0.618 e. The zero-order valence-corrected chi connectivity index (χ0v) is 20.7. The molecule has 8 heteroatoms. The van der Waals surface area contributed by atoms with Gasteiger partial charge < -0.3 is 24.5 Å². The van der Waals surface area contributed by atoms with Crippen molar-refractivity contribution >= 4 is 28.0 Å². The number of aryl methyl sites for hydroxylation is 2. The average molecular weight is 469 g/mol. The van der Waals surface area contributed by atoms with Crippen LogP contribution in [-0.4, -0.2) is 50.9 Å². The second kappa shape index (κ2) is 9.78. The molecular weight excluding hydrogens is 432 g/mol. The molecule has 2 aromatic heterocycles. The summed E-state index contributed by atoms with van der Waals surface area (Å²) in [5, 5.41) is 23.2. The quantitative estimate of drug-likeness (QED) is 0.307. The normalized spacial score (nSPS) is 19.1. The summed E-state index contributed by atoms with van der Waals surface area (Å²) < 4.78 is 9.02. The van der Waals surface area contributed by atoms with Crippen molar-refractivity contribution in [3.8, 4) is 0 Å². The summed E-state index contributed by atoms with van der Waals surface area (Å²) in [7, 11) is 0. The number of rotatable bonds is 7. The zero-order valence-electron chi connectivity index (χ0n) is 20.7. The molecule has 0 radical (unpaired) electrons. The van der Waals surface area contributed by atoms with E-state index in [1.165, 1.54) is 0 Å². The number of hydrogen-bond donors (Lipinski definition) is 1. The van der Waals surface area contributed by atoms with Crippen LogP contribution in [0.1, 0.15) is 59.2 Å². The SMILES string of the molecule is CCc1nc2c[n+]([O-])c3ccccc3c2n1CCCCN(C(=O)O)C1CCOC(C(C)(C)C)C1. The molecule has 2 atom stereocenters. The smallest absolute Gasteiger partial charge is 0.407 e. The van der Waals surface area contributed by atoms with Gasteiger partial charge in [-0.3, -0.25) is 0 Å². The Kier molecular flexibility index (Phi) is 6.98. The van der Waals surface area contributed by atoms with Crippen LogP contribution in [0.5, 0.6) is 0 Å². The molecule has 0 spiro atoms. The van der Waals surface area contributed by atoms with Crippen LogP contribution < -0.4 is 4.73 Å². The van der Waals surface area contributed by atoms with Crippen LogP contribution in [0, 0.1) is 10.6 Å². The minimum absolute atomic E-state index is 0.00705. The number of imidazole rings is 1. The fourth-order valence-electron chi connectivity index (χ4n) is 5.10. The molecule has 0 saturated carbocycles. The van der Waals surface area contributed by atoms with Crippen LogP contribution in [0.15, 0.2) is 30.5 Å². The number of unbranched alkanes of at least 4 members (excludes halogenated alkanes) is 1. The Morgan fingerprint density at radius 3 is 2.79 bits per heavy atom. The van der Waals surface area contributed by atoms with E-state index < -0.39 is 6.09 Å². The van der Waals surface area contributed by atoms with Gasteiger partial charge in [0.25, 0.3) is 0 Å². The van der Waals surface area contributed by atoms with Gasteiger partial charge in [0.2, 0.25) is 11.7 Å². The third-order valence-corrected chi connectivity index (χ3v) is 6.97. The fourth-order valence-corrected chi connectivity index (χ4v) is 5.10. The van der Waals surface area contributed by atoms with Gasteiger partial charge in [0, 0.05) is 38.2 Å². The molecule has 1 saturated heterocycles. The number of fused-ring (bicyclic) bond motifs is 3. The van der Waals surface area contributed by atoms with E-state index in [4.69, 9.17) is 9.72 Å². The number of nitrogens with zero attached hydrogens (tertiary/aromatic N) is 4. The average Bonchev–Trinajstić information content (AvgIpc) is 3.16. The van der Waals surface area contributed by atoms with Gasteiger partial charge in [0.15, 0.2) is 5.52 Å². The van der Waals surface area contributed by atoms with Crippen LogP contribution in [0.4, 0.5) is 4.79 Å². The van der Waals surface area contributed by atoms with Crippen molar-refractivity contribution in [3.63, 3.8) is 0 Å². The van der Waals surface area contributed by atoms with E-state index in [-0.39, 0.29) is 17.6 Å². The van der Waals surface area contributed by atoms with Crippen molar-refractivity contribution in [2.24, 2.45) is 5.41 Å². The molecule has 184 valence electrons. The van der Waals surface area contributed by atoms with Gasteiger partial charge in [-0.05, 0) is 37.2 Å². The monoisotopic (exact) mass is 468 g/mol. The highest BCUT2D eigenvalue weighted by Gasteiger charge is 2.35. The Morgan fingerprint density at radius 2 is 2.09 bits per heavy atom. The van der Waals surface area contributed by atoms with Crippen LogP contribution in [0.25, 0.3) is 21.9 Å². The fraction of sp³-hybridized carbons (Fsp3) is 0.577. The predicted octanol–water partition coefficient (Wildman–Crippen LogP) is 4.74. The first-order chi connectivity index (χ1) is 16.2. The molecule has 1 aliphatic heterocycles. The van der Waals surface area contributed by atoms with Gasteiger partial charge >= 0.3 is 6.09 Å². The van der Waals surface area contributed by atoms with Crippen molar-refractivity contribution in [2.75, 3.05) is 13.2 Å². The highest BCUT2D eigenvalue weighted by atomic mass is 16.5. The van der Waals surface area contributed by atoms with Crippen molar-refractivity contribution in [1.29, 1.82) is 0 Å². The van der Waals surface area contributed by atoms with Gasteiger partial charge in [-0.25, -0.2) is 9.78 Å². The molecule has 8 nitrogen and oxygen atoms in total. The van der Waals surface area contributed by atoms with Crippen LogP contribution in [0.2, 0.25) is 0 Å². The Balaban J connectivity index is 1.48. The molecule has 4 rings (SSSR count). The second-order valence-corrected chi connectivity index (χ2v) is 10.3. The lowest BCUT2D eigenvalue weighted by molar-refractivity contribution is -0.575. The number of hydrogen-bond acceptors (Lipinski definition) is 4. The molecule has 1 aromatic carbocycles. The van der Waals surface area contributed by atoms with Gasteiger partial charge in [0.05, 0.1) is 17.0 Å². The number of amides is 1. The first-order valence-corrected chi connectivity index (χ1v) is 12.3. The Morgan fingerprint density at radius 1 is 1.32 bits per heavy atom. The van der Waals surface area contributed by atoms with Crippen LogP contribution in [-0.2, 0) is 17.7 Å². The van der Waals surface area contributed by atoms with E-state index in [1.807, 2.05) is 24.3 Å². The summed E-state index contributed by atoms with van der Waals surface area (Å²) in [4.78, 5) is 18.4. The van der Waals surface area contributed by atoms with Crippen molar-refractivity contribution in [2.45, 2.75) is 78.5 Å². The third kappa shape index (κ3) is 4.82.